The first kappa shape index (κ1) is 17.5. The molecule has 1 amide bonds. The molecule has 2 atom stereocenters. The summed E-state index contributed by atoms with van der Waals surface area (Å²) in [6.45, 7) is 0. The summed E-state index contributed by atoms with van der Waals surface area (Å²) in [4.78, 5) is 32.7. The minimum absolute atomic E-state index is 0.0745. The molecule has 2 N–H and O–H groups in total. The summed E-state index contributed by atoms with van der Waals surface area (Å²) >= 11 is 0. The van der Waals surface area contributed by atoms with Crippen LogP contribution >= 0.6 is 0 Å². The van der Waals surface area contributed by atoms with Gasteiger partial charge in [0.1, 0.15) is 5.69 Å². The van der Waals surface area contributed by atoms with E-state index in [9.17, 15) is 9.59 Å². The lowest BCUT2D eigenvalue weighted by molar-refractivity contribution is 0.0915. The summed E-state index contributed by atoms with van der Waals surface area (Å²) in [6.07, 6.45) is 10.6. The highest BCUT2D eigenvalue weighted by molar-refractivity contribution is 6.05. The van der Waals surface area contributed by atoms with Gasteiger partial charge >= 0.3 is 0 Å². The number of amides is 1. The smallest absolute Gasteiger partial charge is 0.268 e. The first-order chi connectivity index (χ1) is 14.1. The van der Waals surface area contributed by atoms with Gasteiger partial charge in [-0.1, -0.05) is 24.3 Å². The number of rotatable bonds is 3. The molecule has 2 unspecified atom stereocenters. The molecule has 3 heterocycles. The van der Waals surface area contributed by atoms with Crippen LogP contribution in [0.5, 0.6) is 0 Å². The monoisotopic (exact) mass is 387 g/mol. The molecule has 0 saturated carbocycles. The summed E-state index contributed by atoms with van der Waals surface area (Å²) in [5.41, 5.74) is 2.65. The third kappa shape index (κ3) is 2.86. The number of aromatic nitrogens is 4. The molecule has 1 aliphatic carbocycles. The van der Waals surface area contributed by atoms with E-state index in [1.807, 2.05) is 18.3 Å². The summed E-state index contributed by atoms with van der Waals surface area (Å²) in [5.74, 6) is -0.222. The maximum atomic E-state index is 13.2. The highest BCUT2D eigenvalue weighted by Gasteiger charge is 2.32. The van der Waals surface area contributed by atoms with Gasteiger partial charge in [-0.25, -0.2) is 4.98 Å². The van der Waals surface area contributed by atoms with E-state index in [1.165, 1.54) is 10.1 Å². The van der Waals surface area contributed by atoms with Crippen LogP contribution in [0.1, 0.15) is 40.1 Å². The minimum atomic E-state index is -0.222. The number of carbonyl (C=O) groups is 1. The van der Waals surface area contributed by atoms with Gasteiger partial charge in [-0.05, 0) is 30.0 Å². The number of nitrogens with one attached hydrogen (secondary N) is 2. The standard InChI is InChI=1S/C22H21N5O2/c1-26-10-8-16-17(22(26)29)12-24-20(16)21(28)25-19-15-5-3-2-4-14(15)6-7-18(19)27-11-9-23-13-27/h2-5,8-13,18-19,24H,6-7H2,1H3,(H,25,28). The van der Waals surface area contributed by atoms with Gasteiger partial charge < -0.3 is 19.4 Å². The van der Waals surface area contributed by atoms with Gasteiger partial charge in [0.15, 0.2) is 0 Å². The molecule has 5 rings (SSSR count). The number of pyridine rings is 1. The van der Waals surface area contributed by atoms with Crippen molar-refractivity contribution in [3.05, 3.63) is 88.6 Å². The minimum Gasteiger partial charge on any atom is -0.356 e. The first-order valence-corrected chi connectivity index (χ1v) is 9.66. The second kappa shape index (κ2) is 6.77. The van der Waals surface area contributed by atoms with Gasteiger partial charge in [0.2, 0.25) is 0 Å². The Morgan fingerprint density at radius 2 is 2.07 bits per heavy atom. The van der Waals surface area contributed by atoms with Crippen molar-refractivity contribution in [2.24, 2.45) is 7.05 Å². The molecule has 4 aromatic rings. The summed E-state index contributed by atoms with van der Waals surface area (Å²) < 4.78 is 3.56. The van der Waals surface area contributed by atoms with Crippen LogP contribution in [-0.4, -0.2) is 25.0 Å². The topological polar surface area (TPSA) is 84.7 Å². The number of fused-ring (bicyclic) bond motifs is 2. The van der Waals surface area contributed by atoms with Gasteiger partial charge in [-0.15, -0.1) is 0 Å². The molecular formula is C22H21N5O2. The quantitative estimate of drug-likeness (QED) is 0.567. The Labute approximate surface area is 167 Å². The highest BCUT2D eigenvalue weighted by Crippen LogP contribution is 2.37. The van der Waals surface area contributed by atoms with Gasteiger partial charge in [0, 0.05) is 37.2 Å². The predicted octanol–water partition coefficient (Wildman–Crippen LogP) is 2.72. The maximum Gasteiger partial charge on any atom is 0.268 e. The molecule has 0 saturated heterocycles. The average molecular weight is 387 g/mol. The maximum absolute atomic E-state index is 13.2. The molecule has 146 valence electrons. The van der Waals surface area contributed by atoms with Crippen LogP contribution in [0.15, 0.2) is 66.2 Å². The van der Waals surface area contributed by atoms with Crippen molar-refractivity contribution >= 4 is 16.7 Å². The lowest BCUT2D eigenvalue weighted by Gasteiger charge is -2.35. The molecule has 3 aromatic heterocycles. The lowest BCUT2D eigenvalue weighted by Crippen LogP contribution is -2.37. The van der Waals surface area contributed by atoms with Crippen LogP contribution in [-0.2, 0) is 13.5 Å². The zero-order chi connectivity index (χ0) is 20.0. The van der Waals surface area contributed by atoms with Crippen molar-refractivity contribution in [3.8, 4) is 0 Å². The highest BCUT2D eigenvalue weighted by atomic mass is 16.2. The number of carbonyl (C=O) groups excluding carboxylic acids is 1. The first-order valence-electron chi connectivity index (χ1n) is 9.66. The molecule has 1 aromatic carbocycles. The Hall–Kier alpha value is -3.61. The van der Waals surface area contributed by atoms with E-state index in [1.54, 1.807) is 38.0 Å². The number of H-pyrrole nitrogens is 1. The van der Waals surface area contributed by atoms with Gasteiger partial charge in [-0.2, -0.15) is 0 Å². The van der Waals surface area contributed by atoms with Crippen LogP contribution in [0.2, 0.25) is 0 Å². The van der Waals surface area contributed by atoms with Crippen LogP contribution < -0.4 is 10.9 Å². The van der Waals surface area contributed by atoms with Crippen molar-refractivity contribution < 1.29 is 4.79 Å². The summed E-state index contributed by atoms with van der Waals surface area (Å²) in [5, 5.41) is 4.36. The van der Waals surface area contributed by atoms with E-state index in [0.717, 1.165) is 18.4 Å². The van der Waals surface area contributed by atoms with Gasteiger partial charge in [0.25, 0.3) is 11.5 Å². The van der Waals surface area contributed by atoms with Crippen LogP contribution in [0.3, 0.4) is 0 Å². The van der Waals surface area contributed by atoms with E-state index >= 15 is 0 Å². The normalized spacial score (nSPS) is 18.5. The van der Waals surface area contributed by atoms with Gasteiger partial charge in [0.05, 0.1) is 23.8 Å². The zero-order valence-corrected chi connectivity index (χ0v) is 16.0. The van der Waals surface area contributed by atoms with E-state index in [2.05, 4.69) is 32.0 Å². The zero-order valence-electron chi connectivity index (χ0n) is 16.0. The number of hydrogen-bond acceptors (Lipinski definition) is 3. The molecule has 7 nitrogen and oxygen atoms in total. The Kier molecular flexibility index (Phi) is 4.08. The van der Waals surface area contributed by atoms with Crippen molar-refractivity contribution in [1.82, 2.24) is 24.4 Å². The molecule has 0 radical (unpaired) electrons. The lowest BCUT2D eigenvalue weighted by atomic mass is 9.83. The number of benzene rings is 1. The summed E-state index contributed by atoms with van der Waals surface area (Å²) in [7, 11) is 1.70. The van der Waals surface area contributed by atoms with Crippen molar-refractivity contribution in [1.29, 1.82) is 0 Å². The Balaban J connectivity index is 1.54. The summed E-state index contributed by atoms with van der Waals surface area (Å²) in [6, 6.07) is 9.91. The number of aryl methyl sites for hydroxylation is 2. The largest absolute Gasteiger partial charge is 0.356 e. The predicted molar refractivity (Wildman–Crippen MR) is 110 cm³/mol. The molecule has 7 heteroatoms. The number of nitrogens with zero attached hydrogens (tertiary/aromatic N) is 3. The van der Waals surface area contributed by atoms with E-state index in [4.69, 9.17) is 0 Å². The third-order valence-corrected chi connectivity index (χ3v) is 5.84. The number of hydrogen-bond donors (Lipinski definition) is 2. The number of aromatic amines is 1. The van der Waals surface area contributed by atoms with Crippen LogP contribution in [0.25, 0.3) is 10.8 Å². The second-order valence-corrected chi connectivity index (χ2v) is 7.49. The van der Waals surface area contributed by atoms with Crippen LogP contribution in [0.4, 0.5) is 0 Å². The third-order valence-electron chi connectivity index (χ3n) is 5.84. The van der Waals surface area contributed by atoms with Crippen molar-refractivity contribution in [2.45, 2.75) is 24.9 Å². The molecular weight excluding hydrogens is 366 g/mol. The van der Waals surface area contributed by atoms with E-state index < -0.39 is 0 Å². The van der Waals surface area contributed by atoms with Crippen LogP contribution in [0, 0.1) is 0 Å². The molecule has 0 aliphatic heterocycles. The van der Waals surface area contributed by atoms with Crippen molar-refractivity contribution in [2.75, 3.05) is 0 Å². The molecule has 0 bridgehead atoms. The Morgan fingerprint density at radius 3 is 2.90 bits per heavy atom. The fraction of sp³-hybridized carbons (Fsp3) is 0.227. The Bertz CT molecular complexity index is 1250. The molecule has 1 aliphatic rings. The SMILES string of the molecule is Cn1ccc2c(C(=O)NC3c4ccccc4CCC3n3ccnc3)[nH]cc2c1=O. The Morgan fingerprint density at radius 1 is 1.21 bits per heavy atom. The van der Waals surface area contributed by atoms with E-state index in [0.29, 0.717) is 16.5 Å². The molecule has 0 fully saturated rings. The van der Waals surface area contributed by atoms with E-state index in [-0.39, 0.29) is 23.6 Å². The molecule has 29 heavy (non-hydrogen) atoms. The van der Waals surface area contributed by atoms with Gasteiger partial charge in [-0.3, -0.25) is 9.59 Å². The average Bonchev–Trinajstić information content (AvgIpc) is 3.41. The fourth-order valence-corrected chi connectivity index (χ4v) is 4.33. The molecule has 0 spiro atoms. The second-order valence-electron chi connectivity index (χ2n) is 7.49. The van der Waals surface area contributed by atoms with Crippen molar-refractivity contribution in [3.63, 3.8) is 0 Å². The number of imidazole rings is 1. The fourth-order valence-electron chi connectivity index (χ4n) is 4.33.